The number of allylic oxidation sites excluding steroid dienone is 4. The Kier molecular flexibility index (Phi) is 14.2. The zero-order chi connectivity index (χ0) is 54.4. The normalized spacial score (nSPS) is 34.6. The van der Waals surface area contributed by atoms with E-state index in [9.17, 15) is 19.8 Å². The number of benzene rings is 2. The monoisotopic (exact) mass is 1050 g/mol. The number of rotatable bonds is 13. The van der Waals surface area contributed by atoms with Crippen molar-refractivity contribution in [2.45, 2.75) is 186 Å². The molecule has 6 aliphatic heterocycles. The molecule has 3 aliphatic carbocycles. The highest BCUT2D eigenvalue weighted by Gasteiger charge is 2.86. The molecule has 76 heavy (non-hydrogen) atoms. The predicted molar refractivity (Wildman–Crippen MR) is 279 cm³/mol. The van der Waals surface area contributed by atoms with Crippen LogP contribution in [0.4, 0.5) is 0 Å². The third kappa shape index (κ3) is 9.06. The summed E-state index contributed by atoms with van der Waals surface area (Å²) in [7, 11) is 1.31. The Morgan fingerprint density at radius 2 is 1.59 bits per heavy atom. The molecule has 2 aromatic rings. The number of carbonyl (C=O) groups excluding carboxylic acids is 4. The molecule has 2 N–H and O–H groups in total. The van der Waals surface area contributed by atoms with E-state index >= 15 is 9.59 Å². The molecule has 0 amide bonds. The van der Waals surface area contributed by atoms with Gasteiger partial charge < -0.3 is 52.8 Å². The largest absolute Gasteiger partial charge is 0.482 e. The summed E-state index contributed by atoms with van der Waals surface area (Å²) in [5, 5.41) is 22.1. The van der Waals surface area contributed by atoms with Gasteiger partial charge in [0.1, 0.15) is 52.8 Å². The van der Waals surface area contributed by atoms with E-state index < -0.39 is 94.6 Å². The summed E-state index contributed by atoms with van der Waals surface area (Å²) in [6.45, 7) is 20.6. The second-order valence-electron chi connectivity index (χ2n) is 23.9. The Morgan fingerprint density at radius 1 is 0.882 bits per heavy atom. The minimum Gasteiger partial charge on any atom is -0.482 e. The average molecular weight is 1050 g/mol. The van der Waals surface area contributed by atoms with Crippen LogP contribution >= 0.6 is 0 Å². The summed E-state index contributed by atoms with van der Waals surface area (Å²) >= 11 is 0. The summed E-state index contributed by atoms with van der Waals surface area (Å²) in [5.41, 5.74) is -1.37. The summed E-state index contributed by atoms with van der Waals surface area (Å²) in [5.74, 6) is -3.99. The maximum Gasteiger partial charge on any atom is 0.343 e. The zero-order valence-corrected chi connectivity index (χ0v) is 45.8. The van der Waals surface area contributed by atoms with E-state index in [-0.39, 0.29) is 59.4 Å². The molecule has 2 aromatic carbocycles. The van der Waals surface area contributed by atoms with Crippen molar-refractivity contribution in [3.05, 3.63) is 87.5 Å². The number of hydrogen-bond acceptors (Lipinski definition) is 16. The number of aliphatic hydroxyl groups is 2. The van der Waals surface area contributed by atoms with Crippen LogP contribution in [-0.4, -0.2) is 130 Å². The van der Waals surface area contributed by atoms with Crippen molar-refractivity contribution in [1.29, 1.82) is 0 Å². The van der Waals surface area contributed by atoms with Gasteiger partial charge in [0.25, 0.3) is 0 Å². The molecule has 4 saturated heterocycles. The summed E-state index contributed by atoms with van der Waals surface area (Å²) in [4.78, 5) is 62.5. The molecule has 6 heterocycles. The van der Waals surface area contributed by atoms with E-state index in [2.05, 4.69) is 24.8 Å². The fraction of sp³-hybridized carbons (Fsp3) is 0.600. The molecular weight excluding hydrogens is 975 g/mol. The van der Waals surface area contributed by atoms with Gasteiger partial charge in [0.2, 0.25) is 6.29 Å². The lowest BCUT2D eigenvalue weighted by molar-refractivity contribution is -0.373. The first-order valence-corrected chi connectivity index (χ1v) is 27.1. The predicted octanol–water partition coefficient (Wildman–Crippen LogP) is 8.36. The SMILES string of the molecule is COC(=O)/C(C)=C\CC12OC(C)(C)C3CC(C1=O)C(N1CCCCC1)C1C(=O)c4c(OC(=O)c5ccc(O[C@@H]6O[C@@H]7COC(C)(C)O[C@H]7[C@H](O)[C@H]6O)cc5)c5c(c(CC=C(C)C)c4OC132)OC(C)(CCC=C(C)C)C=C5. The molecule has 11 rings (SSSR count). The summed E-state index contributed by atoms with van der Waals surface area (Å²) in [6, 6.07) is 5.52. The van der Waals surface area contributed by atoms with Crippen LogP contribution in [0.25, 0.3) is 6.08 Å². The number of ether oxygens (including phenoxy) is 9. The van der Waals surface area contributed by atoms with E-state index in [1.54, 1.807) is 26.8 Å². The van der Waals surface area contributed by atoms with Crippen LogP contribution in [0, 0.1) is 17.8 Å². The lowest BCUT2D eigenvalue weighted by Gasteiger charge is -2.64. The van der Waals surface area contributed by atoms with Crippen molar-refractivity contribution in [1.82, 2.24) is 4.90 Å². The Balaban J connectivity index is 1.11. The van der Waals surface area contributed by atoms with E-state index in [0.29, 0.717) is 48.4 Å². The van der Waals surface area contributed by atoms with Gasteiger partial charge in [0.15, 0.2) is 34.3 Å². The Bertz CT molecular complexity index is 2790. The smallest absolute Gasteiger partial charge is 0.343 e. The second kappa shape index (κ2) is 19.9. The zero-order valence-electron chi connectivity index (χ0n) is 45.8. The van der Waals surface area contributed by atoms with Crippen molar-refractivity contribution in [3.8, 4) is 23.0 Å². The average Bonchev–Trinajstić information content (AvgIpc) is 2.62. The van der Waals surface area contributed by atoms with Crippen LogP contribution in [0.1, 0.15) is 146 Å². The lowest BCUT2D eigenvalue weighted by Crippen LogP contribution is -2.82. The number of esters is 2. The van der Waals surface area contributed by atoms with Crippen molar-refractivity contribution < 1.29 is 72.0 Å². The van der Waals surface area contributed by atoms with E-state index in [4.69, 9.17) is 42.6 Å². The maximum atomic E-state index is 16.7. The fourth-order valence-electron chi connectivity index (χ4n) is 13.6. The molecule has 0 radical (unpaired) electrons. The third-order valence-corrected chi connectivity index (χ3v) is 17.2. The molecule has 410 valence electrons. The van der Waals surface area contributed by atoms with E-state index in [1.165, 1.54) is 36.9 Å². The van der Waals surface area contributed by atoms with Gasteiger partial charge in [-0.15, -0.1) is 0 Å². The fourth-order valence-corrected chi connectivity index (χ4v) is 13.6. The molecule has 1 spiro atoms. The number of carbonyl (C=O) groups is 4. The van der Waals surface area contributed by atoms with Crippen LogP contribution in [0.3, 0.4) is 0 Å². The van der Waals surface area contributed by atoms with Crippen LogP contribution < -0.4 is 18.9 Å². The van der Waals surface area contributed by atoms with Crippen molar-refractivity contribution in [2.75, 3.05) is 26.8 Å². The molecule has 7 fully saturated rings. The first-order valence-electron chi connectivity index (χ1n) is 27.1. The molecule has 0 aromatic heterocycles. The molecule has 7 unspecified atom stereocenters. The first-order chi connectivity index (χ1) is 35.9. The number of ketones is 2. The molecule has 16 nitrogen and oxygen atoms in total. The molecule has 12 atom stereocenters. The Morgan fingerprint density at radius 3 is 2.28 bits per heavy atom. The number of piperidine rings is 1. The highest BCUT2D eigenvalue weighted by atomic mass is 16.8. The minimum atomic E-state index is -1.69. The van der Waals surface area contributed by atoms with Crippen molar-refractivity contribution >= 4 is 29.6 Å². The van der Waals surface area contributed by atoms with Crippen molar-refractivity contribution in [2.24, 2.45) is 17.8 Å². The van der Waals surface area contributed by atoms with Crippen LogP contribution in [0.5, 0.6) is 23.0 Å². The number of methoxy groups -OCH3 is 1. The topological polar surface area (TPSA) is 195 Å². The van der Waals surface area contributed by atoms with Gasteiger partial charge >= 0.3 is 11.9 Å². The molecule has 3 saturated carbocycles. The van der Waals surface area contributed by atoms with Crippen LogP contribution in [-0.2, 0) is 39.7 Å². The second-order valence-corrected chi connectivity index (χ2v) is 23.9. The van der Waals surface area contributed by atoms with Gasteiger partial charge in [0, 0.05) is 35.4 Å². The highest BCUT2D eigenvalue weighted by Crippen LogP contribution is 2.71. The Labute approximate surface area is 445 Å². The summed E-state index contributed by atoms with van der Waals surface area (Å²) in [6.07, 6.45) is 8.95. The molecular formula is C60H75NO15. The number of hydrogen-bond donors (Lipinski definition) is 2. The molecule has 16 heteroatoms. The van der Waals surface area contributed by atoms with Gasteiger partial charge in [-0.3, -0.25) is 14.5 Å². The van der Waals surface area contributed by atoms with Gasteiger partial charge in [-0.25, -0.2) is 9.59 Å². The van der Waals surface area contributed by atoms with Gasteiger partial charge in [-0.2, -0.15) is 0 Å². The first kappa shape index (κ1) is 54.2. The number of likely N-dealkylation sites (tertiary alicyclic amines) is 1. The number of nitrogens with zero attached hydrogens (tertiary/aromatic N) is 1. The Hall–Kier alpha value is -5.20. The quantitative estimate of drug-likeness (QED) is 0.0840. The van der Waals surface area contributed by atoms with Gasteiger partial charge in [-0.1, -0.05) is 35.8 Å². The maximum absolute atomic E-state index is 16.7. The molecule has 4 bridgehead atoms. The standard InChI is InChI=1S/C60H75NO15/c1-32(2)16-15-25-58(10)26-24-38-48(74-58)37(22-17-33(3)4)50-42(49(38)72-54(67)35-18-20-36(21-19-35)70-55-47(64)46(63)51-40(71-55)31-69-57(8,9)73-51)45(62)43-44(61-28-13-12-14-29-61)39-30-41-56(6,7)76-59(52(39)65,60(41,43)75-50)27-23-34(5)53(66)68-11/h16-21,23-24,26,39-41,43-44,46-47,51,55,63-64H,12-15,22,25,27-31H2,1-11H3/b34-23-/t39?,40-,41?,43?,44?,46-,47-,51-,55-,58?,59?,60?/m1/s1. The number of fused-ring (bicyclic) bond motifs is 3. The third-order valence-electron chi connectivity index (χ3n) is 17.2. The molecule has 9 aliphatic rings. The van der Waals surface area contributed by atoms with Crippen molar-refractivity contribution in [3.63, 3.8) is 0 Å². The number of aliphatic hydroxyl groups excluding tert-OH is 2. The number of Topliss-reactive ketones (excluding diaryl/α,β-unsaturated/α-hetero) is 2. The van der Waals surface area contributed by atoms with E-state index in [1.807, 2.05) is 52.8 Å². The van der Waals surface area contributed by atoms with E-state index in [0.717, 1.165) is 31.3 Å². The minimum absolute atomic E-state index is 0.0192. The summed E-state index contributed by atoms with van der Waals surface area (Å²) < 4.78 is 57.6. The van der Waals surface area contributed by atoms with Gasteiger partial charge in [0.05, 0.1) is 36.4 Å². The van der Waals surface area contributed by atoms with Crippen LogP contribution in [0.15, 0.2) is 65.3 Å². The van der Waals surface area contributed by atoms with Crippen LogP contribution in [0.2, 0.25) is 0 Å². The van der Waals surface area contributed by atoms with Gasteiger partial charge in [-0.05, 0) is 157 Å². The lowest BCUT2D eigenvalue weighted by atomic mass is 9.44. The highest BCUT2D eigenvalue weighted by molar-refractivity contribution is 6.11.